The van der Waals surface area contributed by atoms with Gasteiger partial charge in [0.25, 0.3) is 0 Å². The normalized spacial score (nSPS) is 11.5. The van der Waals surface area contributed by atoms with Crippen molar-refractivity contribution in [1.82, 2.24) is 0 Å². The van der Waals surface area contributed by atoms with Crippen LogP contribution in [-0.2, 0) is 16.1 Å². The second-order valence-corrected chi connectivity index (χ2v) is 4.54. The molecule has 1 atom stereocenters. The van der Waals surface area contributed by atoms with Crippen LogP contribution in [0.4, 0.5) is 0 Å². The molecular formula is C17H16O4. The first-order chi connectivity index (χ1) is 10.2. The van der Waals surface area contributed by atoms with Crippen LogP contribution < -0.4 is 4.74 Å². The van der Waals surface area contributed by atoms with Gasteiger partial charge < -0.3 is 9.47 Å². The van der Waals surface area contributed by atoms with E-state index in [2.05, 4.69) is 0 Å². The highest BCUT2D eigenvalue weighted by Gasteiger charge is 2.16. The molecule has 2 aromatic rings. The maximum atomic E-state index is 11.8. The molecule has 0 saturated heterocycles. The summed E-state index contributed by atoms with van der Waals surface area (Å²) in [6, 6.07) is 16.0. The van der Waals surface area contributed by atoms with Crippen molar-refractivity contribution in [2.45, 2.75) is 19.6 Å². The SMILES string of the molecule is CC(Oc1ccc(C=O)cc1)C(=O)OCc1ccccc1. The number of esters is 1. The van der Waals surface area contributed by atoms with E-state index in [9.17, 15) is 9.59 Å². The quantitative estimate of drug-likeness (QED) is 0.604. The standard InChI is InChI=1S/C17H16O4/c1-13(21-16-9-7-14(11-18)8-10-16)17(19)20-12-15-5-3-2-4-6-15/h2-11,13H,12H2,1H3. The van der Waals surface area contributed by atoms with Crippen molar-refractivity contribution in [3.8, 4) is 5.75 Å². The minimum Gasteiger partial charge on any atom is -0.479 e. The van der Waals surface area contributed by atoms with Gasteiger partial charge >= 0.3 is 5.97 Å². The van der Waals surface area contributed by atoms with E-state index < -0.39 is 12.1 Å². The van der Waals surface area contributed by atoms with E-state index in [0.29, 0.717) is 11.3 Å². The Morgan fingerprint density at radius 2 is 1.76 bits per heavy atom. The Bertz CT molecular complexity index is 590. The summed E-state index contributed by atoms with van der Waals surface area (Å²) >= 11 is 0. The molecule has 2 rings (SSSR count). The third-order valence-corrected chi connectivity index (χ3v) is 2.88. The smallest absolute Gasteiger partial charge is 0.347 e. The summed E-state index contributed by atoms with van der Waals surface area (Å²) in [5.74, 6) is 0.0862. The van der Waals surface area contributed by atoms with E-state index in [1.165, 1.54) is 0 Å². The monoisotopic (exact) mass is 284 g/mol. The minimum atomic E-state index is -0.712. The van der Waals surface area contributed by atoms with E-state index >= 15 is 0 Å². The van der Waals surface area contributed by atoms with Crippen LogP contribution in [0.1, 0.15) is 22.8 Å². The molecule has 0 saturated carbocycles. The summed E-state index contributed by atoms with van der Waals surface area (Å²) < 4.78 is 10.7. The van der Waals surface area contributed by atoms with Gasteiger partial charge in [-0.1, -0.05) is 30.3 Å². The van der Waals surface area contributed by atoms with Crippen molar-refractivity contribution in [3.05, 3.63) is 65.7 Å². The topological polar surface area (TPSA) is 52.6 Å². The second kappa shape index (κ2) is 7.24. The van der Waals surface area contributed by atoms with Crippen LogP contribution in [0.15, 0.2) is 54.6 Å². The zero-order valence-electron chi connectivity index (χ0n) is 11.7. The van der Waals surface area contributed by atoms with Gasteiger partial charge in [-0.2, -0.15) is 0 Å². The number of hydrogen-bond donors (Lipinski definition) is 0. The lowest BCUT2D eigenvalue weighted by Crippen LogP contribution is -2.26. The molecule has 0 aliphatic carbocycles. The van der Waals surface area contributed by atoms with Crippen LogP contribution in [0.2, 0.25) is 0 Å². The Labute approximate surface area is 123 Å². The molecule has 21 heavy (non-hydrogen) atoms. The number of rotatable bonds is 6. The van der Waals surface area contributed by atoms with Gasteiger partial charge in [0.05, 0.1) is 0 Å². The Kier molecular flexibility index (Phi) is 5.10. The van der Waals surface area contributed by atoms with Gasteiger partial charge in [0.15, 0.2) is 6.10 Å². The maximum Gasteiger partial charge on any atom is 0.347 e. The van der Waals surface area contributed by atoms with Crippen molar-refractivity contribution in [1.29, 1.82) is 0 Å². The molecule has 0 radical (unpaired) electrons. The summed E-state index contributed by atoms with van der Waals surface area (Å²) in [6.07, 6.45) is 0.0391. The Balaban J connectivity index is 1.85. The zero-order chi connectivity index (χ0) is 15.1. The van der Waals surface area contributed by atoms with Crippen molar-refractivity contribution in [3.63, 3.8) is 0 Å². The largest absolute Gasteiger partial charge is 0.479 e. The fourth-order valence-corrected chi connectivity index (χ4v) is 1.72. The molecule has 0 bridgehead atoms. The molecule has 0 heterocycles. The van der Waals surface area contributed by atoms with Crippen LogP contribution in [0.3, 0.4) is 0 Å². The highest BCUT2D eigenvalue weighted by Crippen LogP contribution is 2.14. The molecule has 1 unspecified atom stereocenters. The average Bonchev–Trinajstić information content (AvgIpc) is 2.54. The number of carbonyl (C=O) groups excluding carboxylic acids is 2. The van der Waals surface area contributed by atoms with Gasteiger partial charge in [-0.15, -0.1) is 0 Å². The highest BCUT2D eigenvalue weighted by atomic mass is 16.6. The number of aldehydes is 1. The van der Waals surface area contributed by atoms with E-state index in [0.717, 1.165) is 11.8 Å². The molecule has 2 aromatic carbocycles. The zero-order valence-corrected chi connectivity index (χ0v) is 11.7. The summed E-state index contributed by atoms with van der Waals surface area (Å²) in [4.78, 5) is 22.4. The average molecular weight is 284 g/mol. The number of benzene rings is 2. The van der Waals surface area contributed by atoms with Crippen molar-refractivity contribution >= 4 is 12.3 Å². The van der Waals surface area contributed by atoms with Gasteiger partial charge in [-0.05, 0) is 36.8 Å². The predicted molar refractivity (Wildman–Crippen MR) is 78.2 cm³/mol. The Morgan fingerprint density at radius 3 is 2.38 bits per heavy atom. The van der Waals surface area contributed by atoms with E-state index in [1.807, 2.05) is 30.3 Å². The molecule has 0 aliphatic heterocycles. The number of hydrogen-bond acceptors (Lipinski definition) is 4. The second-order valence-electron chi connectivity index (χ2n) is 4.54. The molecule has 0 amide bonds. The van der Waals surface area contributed by atoms with Crippen molar-refractivity contribution in [2.75, 3.05) is 0 Å². The molecule has 4 nitrogen and oxygen atoms in total. The lowest BCUT2D eigenvalue weighted by molar-refractivity contribution is -0.152. The first-order valence-corrected chi connectivity index (χ1v) is 6.61. The third-order valence-electron chi connectivity index (χ3n) is 2.88. The predicted octanol–water partition coefficient (Wildman–Crippen LogP) is 3.01. The van der Waals surface area contributed by atoms with Gasteiger partial charge in [0, 0.05) is 5.56 Å². The fourth-order valence-electron chi connectivity index (χ4n) is 1.72. The Hall–Kier alpha value is -2.62. The number of ether oxygens (including phenoxy) is 2. The van der Waals surface area contributed by atoms with Gasteiger partial charge in [0.1, 0.15) is 18.6 Å². The molecule has 0 spiro atoms. The Morgan fingerprint density at radius 1 is 1.10 bits per heavy atom. The summed E-state index contributed by atoms with van der Waals surface area (Å²) in [6.45, 7) is 1.85. The molecule has 108 valence electrons. The molecular weight excluding hydrogens is 268 g/mol. The van der Waals surface area contributed by atoms with Crippen molar-refractivity contribution < 1.29 is 19.1 Å². The summed E-state index contributed by atoms with van der Waals surface area (Å²) in [5.41, 5.74) is 1.48. The van der Waals surface area contributed by atoms with Crippen LogP contribution in [0.5, 0.6) is 5.75 Å². The van der Waals surface area contributed by atoms with Gasteiger partial charge in [0.2, 0.25) is 0 Å². The lowest BCUT2D eigenvalue weighted by atomic mass is 10.2. The molecule has 0 aliphatic rings. The van der Waals surface area contributed by atoms with Crippen LogP contribution >= 0.6 is 0 Å². The van der Waals surface area contributed by atoms with Crippen molar-refractivity contribution in [2.24, 2.45) is 0 Å². The van der Waals surface area contributed by atoms with Crippen LogP contribution in [0.25, 0.3) is 0 Å². The maximum absolute atomic E-state index is 11.8. The van der Waals surface area contributed by atoms with Gasteiger partial charge in [-0.3, -0.25) is 4.79 Å². The molecule has 0 aromatic heterocycles. The molecule has 0 fully saturated rings. The van der Waals surface area contributed by atoms with Gasteiger partial charge in [-0.25, -0.2) is 4.79 Å². The van der Waals surface area contributed by atoms with Crippen LogP contribution in [0, 0.1) is 0 Å². The molecule has 4 heteroatoms. The summed E-state index contributed by atoms with van der Waals surface area (Å²) in [5, 5.41) is 0. The number of carbonyl (C=O) groups is 2. The van der Waals surface area contributed by atoms with E-state index in [4.69, 9.17) is 9.47 Å². The van der Waals surface area contributed by atoms with Crippen LogP contribution in [-0.4, -0.2) is 18.4 Å². The lowest BCUT2D eigenvalue weighted by Gasteiger charge is -2.14. The highest BCUT2D eigenvalue weighted by molar-refractivity contribution is 5.75. The third kappa shape index (κ3) is 4.45. The molecule has 0 N–H and O–H groups in total. The summed E-state index contributed by atoms with van der Waals surface area (Å²) in [7, 11) is 0. The van der Waals surface area contributed by atoms with E-state index in [-0.39, 0.29) is 6.61 Å². The fraction of sp³-hybridized carbons (Fsp3) is 0.176. The first-order valence-electron chi connectivity index (χ1n) is 6.61. The minimum absolute atomic E-state index is 0.220. The first kappa shape index (κ1) is 14.8. The van der Waals surface area contributed by atoms with E-state index in [1.54, 1.807) is 31.2 Å².